The van der Waals surface area contributed by atoms with Crippen molar-refractivity contribution in [1.82, 2.24) is 15.1 Å². The van der Waals surface area contributed by atoms with Crippen LogP contribution >= 0.6 is 23.1 Å². The lowest BCUT2D eigenvalue weighted by atomic mass is 10.4. The molecule has 0 aliphatic carbocycles. The molecule has 1 aliphatic rings. The molecule has 0 radical (unpaired) electrons. The fourth-order valence-electron chi connectivity index (χ4n) is 1.87. The lowest BCUT2D eigenvalue weighted by Crippen LogP contribution is -2.47. The molecular weight excluding hydrogens is 306 g/mol. The zero-order valence-electron chi connectivity index (χ0n) is 10.6. The number of nitrogens with zero attached hydrogens (tertiary/aromatic N) is 3. The number of hydrogen-bond acceptors (Lipinski definition) is 9. The van der Waals surface area contributed by atoms with Crippen LogP contribution in [0.25, 0.3) is 0 Å². The Kier molecular flexibility index (Phi) is 5.01. The molecule has 1 aromatic heterocycles. The van der Waals surface area contributed by atoms with Gasteiger partial charge in [0.05, 0.1) is 6.54 Å². The fraction of sp³-hybridized carbons (Fsp3) is 0.778. The highest BCUT2D eigenvalue weighted by molar-refractivity contribution is 8.01. The van der Waals surface area contributed by atoms with Gasteiger partial charge >= 0.3 is 0 Å². The molecule has 0 saturated carbocycles. The SMILES string of the molecule is CCS(=O)(=O)C1CSCCN1Cc1nnc(NN)s1. The maximum Gasteiger partial charge on any atom is 0.219 e. The predicted molar refractivity (Wildman–Crippen MR) is 78.7 cm³/mol. The van der Waals surface area contributed by atoms with Crippen molar-refractivity contribution in [2.45, 2.75) is 18.8 Å². The summed E-state index contributed by atoms with van der Waals surface area (Å²) in [6, 6.07) is 0. The van der Waals surface area contributed by atoms with E-state index in [0.29, 0.717) is 17.4 Å². The van der Waals surface area contributed by atoms with Gasteiger partial charge in [0.1, 0.15) is 10.4 Å². The number of rotatable bonds is 5. The van der Waals surface area contributed by atoms with Gasteiger partial charge in [0, 0.05) is 23.8 Å². The molecule has 1 unspecified atom stereocenters. The summed E-state index contributed by atoms with van der Waals surface area (Å²) in [5.41, 5.74) is 2.44. The van der Waals surface area contributed by atoms with Gasteiger partial charge in [-0.1, -0.05) is 18.3 Å². The molecule has 0 spiro atoms. The number of aromatic nitrogens is 2. The average molecular weight is 323 g/mol. The topological polar surface area (TPSA) is 101 Å². The Labute approximate surface area is 120 Å². The molecular formula is C9H17N5O2S3. The Morgan fingerprint density at radius 2 is 2.32 bits per heavy atom. The molecule has 1 fully saturated rings. The number of thioether (sulfide) groups is 1. The van der Waals surface area contributed by atoms with E-state index in [2.05, 4.69) is 15.6 Å². The highest BCUT2D eigenvalue weighted by atomic mass is 32.2. The zero-order valence-corrected chi connectivity index (χ0v) is 13.0. The number of nitrogen functional groups attached to an aromatic ring is 1. The highest BCUT2D eigenvalue weighted by Crippen LogP contribution is 2.24. The van der Waals surface area contributed by atoms with Crippen molar-refractivity contribution in [1.29, 1.82) is 0 Å². The van der Waals surface area contributed by atoms with Crippen molar-refractivity contribution < 1.29 is 8.42 Å². The Morgan fingerprint density at radius 3 is 2.95 bits per heavy atom. The maximum atomic E-state index is 12.1. The maximum absolute atomic E-state index is 12.1. The first-order valence-corrected chi connectivity index (χ1v) is 9.58. The summed E-state index contributed by atoms with van der Waals surface area (Å²) in [7, 11) is -3.07. The minimum atomic E-state index is -3.07. The standard InChI is InChI=1S/C9H17N5O2S3/c1-2-19(15,16)8-6-17-4-3-14(8)5-7-12-13-9(11-10)18-7/h8H,2-6,10H2,1H3,(H,11,13). The number of sulfone groups is 1. The summed E-state index contributed by atoms with van der Waals surface area (Å²) in [5, 5.41) is 8.76. The minimum absolute atomic E-state index is 0.167. The molecule has 1 aliphatic heterocycles. The van der Waals surface area contributed by atoms with Crippen LogP contribution in [0.15, 0.2) is 0 Å². The van der Waals surface area contributed by atoms with Crippen LogP contribution in [0.5, 0.6) is 0 Å². The number of nitrogens with two attached hydrogens (primary N) is 1. The normalized spacial score (nSPS) is 21.5. The highest BCUT2D eigenvalue weighted by Gasteiger charge is 2.33. The van der Waals surface area contributed by atoms with Crippen LogP contribution in [-0.4, -0.2) is 52.7 Å². The lowest BCUT2D eigenvalue weighted by molar-refractivity contribution is 0.261. The molecule has 2 heterocycles. The van der Waals surface area contributed by atoms with Crippen molar-refractivity contribution >= 4 is 38.1 Å². The first kappa shape index (κ1) is 15.0. The average Bonchev–Trinajstić information content (AvgIpc) is 2.87. The van der Waals surface area contributed by atoms with Crippen LogP contribution in [0.4, 0.5) is 5.13 Å². The molecule has 10 heteroatoms. The van der Waals surface area contributed by atoms with Gasteiger partial charge < -0.3 is 0 Å². The predicted octanol–water partition coefficient (Wildman–Crippen LogP) is 0.133. The molecule has 1 aromatic rings. The van der Waals surface area contributed by atoms with Gasteiger partial charge in [-0.3, -0.25) is 10.3 Å². The minimum Gasteiger partial charge on any atom is -0.298 e. The van der Waals surface area contributed by atoms with Gasteiger partial charge in [-0.25, -0.2) is 14.3 Å². The van der Waals surface area contributed by atoms with Crippen molar-refractivity contribution in [2.24, 2.45) is 5.84 Å². The van der Waals surface area contributed by atoms with Crippen LogP contribution < -0.4 is 11.3 Å². The summed E-state index contributed by atoms with van der Waals surface area (Å²) < 4.78 is 24.2. The van der Waals surface area contributed by atoms with Crippen molar-refractivity contribution in [3.8, 4) is 0 Å². The molecule has 0 amide bonds. The molecule has 19 heavy (non-hydrogen) atoms. The second-order valence-corrected chi connectivity index (χ2v) is 8.76. The second kappa shape index (κ2) is 6.35. The van der Waals surface area contributed by atoms with Crippen LogP contribution in [0.2, 0.25) is 0 Å². The van der Waals surface area contributed by atoms with Crippen LogP contribution in [0.3, 0.4) is 0 Å². The number of anilines is 1. The molecule has 2 rings (SSSR count). The summed E-state index contributed by atoms with van der Waals surface area (Å²) in [6.45, 7) is 2.94. The Morgan fingerprint density at radius 1 is 1.53 bits per heavy atom. The Bertz CT molecular complexity index is 518. The van der Waals surface area contributed by atoms with E-state index < -0.39 is 15.2 Å². The smallest absolute Gasteiger partial charge is 0.219 e. The Balaban J connectivity index is 2.11. The van der Waals surface area contributed by atoms with Crippen LogP contribution in [-0.2, 0) is 16.4 Å². The molecule has 3 N–H and O–H groups in total. The van der Waals surface area contributed by atoms with Gasteiger partial charge in [-0.2, -0.15) is 11.8 Å². The summed E-state index contributed by atoms with van der Waals surface area (Å²) in [4.78, 5) is 1.97. The van der Waals surface area contributed by atoms with E-state index in [1.807, 2.05) is 4.90 Å². The first-order valence-electron chi connectivity index (χ1n) is 5.89. The quantitative estimate of drug-likeness (QED) is 0.582. The van der Waals surface area contributed by atoms with Crippen molar-refractivity contribution in [2.75, 3.05) is 29.2 Å². The van der Waals surface area contributed by atoms with Gasteiger partial charge in [-0.15, -0.1) is 10.2 Å². The molecule has 0 bridgehead atoms. The van der Waals surface area contributed by atoms with E-state index >= 15 is 0 Å². The number of hydrogen-bond donors (Lipinski definition) is 2. The largest absolute Gasteiger partial charge is 0.298 e. The summed E-state index contributed by atoms with van der Waals surface area (Å²) >= 11 is 3.03. The van der Waals surface area contributed by atoms with Crippen molar-refractivity contribution in [3.05, 3.63) is 5.01 Å². The summed E-state index contributed by atoms with van der Waals surface area (Å²) in [6.07, 6.45) is 0. The van der Waals surface area contributed by atoms with Gasteiger partial charge in [0.15, 0.2) is 9.84 Å². The van der Waals surface area contributed by atoms with Crippen LogP contribution in [0.1, 0.15) is 11.9 Å². The first-order chi connectivity index (χ1) is 9.06. The number of hydrazine groups is 1. The van der Waals surface area contributed by atoms with Crippen LogP contribution in [0, 0.1) is 0 Å². The summed E-state index contributed by atoms with van der Waals surface area (Å²) in [5.74, 6) is 6.99. The Hall–Kier alpha value is -0.420. The van der Waals surface area contributed by atoms with Gasteiger partial charge in [0.25, 0.3) is 0 Å². The molecule has 0 aromatic carbocycles. The third kappa shape index (κ3) is 3.57. The molecule has 7 nitrogen and oxygen atoms in total. The molecule has 108 valence electrons. The van der Waals surface area contributed by atoms with E-state index in [9.17, 15) is 8.42 Å². The molecule has 1 atom stereocenters. The van der Waals surface area contributed by atoms with Crippen molar-refractivity contribution in [3.63, 3.8) is 0 Å². The van der Waals surface area contributed by atoms with Gasteiger partial charge in [0.2, 0.25) is 5.13 Å². The lowest BCUT2D eigenvalue weighted by Gasteiger charge is -2.33. The van der Waals surface area contributed by atoms with E-state index in [4.69, 9.17) is 5.84 Å². The van der Waals surface area contributed by atoms with E-state index in [-0.39, 0.29) is 5.75 Å². The second-order valence-electron chi connectivity index (χ2n) is 4.10. The van der Waals surface area contributed by atoms with E-state index in [1.54, 1.807) is 18.7 Å². The molecule has 1 saturated heterocycles. The van der Waals surface area contributed by atoms with E-state index in [0.717, 1.165) is 17.3 Å². The zero-order chi connectivity index (χ0) is 13.9. The van der Waals surface area contributed by atoms with E-state index in [1.165, 1.54) is 11.3 Å². The third-order valence-electron chi connectivity index (χ3n) is 2.94. The fourth-order valence-corrected chi connectivity index (χ4v) is 5.62. The monoisotopic (exact) mass is 323 g/mol. The number of nitrogens with one attached hydrogen (secondary N) is 1. The third-order valence-corrected chi connectivity index (χ3v) is 7.11. The van der Waals surface area contributed by atoms with Gasteiger partial charge in [-0.05, 0) is 0 Å².